The summed E-state index contributed by atoms with van der Waals surface area (Å²) < 4.78 is 19.5. The van der Waals surface area contributed by atoms with Crippen LogP contribution in [0.1, 0.15) is 38.9 Å². The van der Waals surface area contributed by atoms with E-state index in [9.17, 15) is 14.0 Å². The van der Waals surface area contributed by atoms with E-state index in [1.807, 2.05) is 6.07 Å². The summed E-state index contributed by atoms with van der Waals surface area (Å²) in [5.41, 5.74) is 2.36. The SMILES string of the molecule is Cc1cc2oc3c(c(=O)c2cc1Cl)[C@H](c1ccc(F)cc1)N(Cc1cccnc1)C3=O. The van der Waals surface area contributed by atoms with Gasteiger partial charge in [-0.05, 0) is 53.9 Å². The second-order valence-corrected chi connectivity index (χ2v) is 7.93. The first kappa shape index (κ1) is 19.5. The first-order valence-electron chi connectivity index (χ1n) is 9.66. The molecular weight excluding hydrogens is 419 g/mol. The van der Waals surface area contributed by atoms with Crippen molar-refractivity contribution < 1.29 is 13.6 Å². The number of nitrogens with zero attached hydrogens (tertiary/aromatic N) is 2. The van der Waals surface area contributed by atoms with Crippen molar-refractivity contribution in [2.24, 2.45) is 0 Å². The summed E-state index contributed by atoms with van der Waals surface area (Å²) in [6.07, 6.45) is 3.30. The highest BCUT2D eigenvalue weighted by Gasteiger charge is 2.42. The minimum Gasteiger partial charge on any atom is -0.450 e. The Morgan fingerprint density at radius 3 is 2.65 bits per heavy atom. The van der Waals surface area contributed by atoms with E-state index in [0.717, 1.165) is 11.1 Å². The highest BCUT2D eigenvalue weighted by Crippen LogP contribution is 2.39. The molecule has 0 bridgehead atoms. The van der Waals surface area contributed by atoms with Crippen molar-refractivity contribution in [3.05, 3.63) is 110 Å². The van der Waals surface area contributed by atoms with Crippen LogP contribution in [0.3, 0.4) is 0 Å². The number of amides is 1. The monoisotopic (exact) mass is 434 g/mol. The van der Waals surface area contributed by atoms with Crippen molar-refractivity contribution in [3.63, 3.8) is 0 Å². The van der Waals surface area contributed by atoms with Gasteiger partial charge in [-0.3, -0.25) is 14.6 Å². The average molecular weight is 435 g/mol. The van der Waals surface area contributed by atoms with Crippen molar-refractivity contribution in [2.75, 3.05) is 0 Å². The van der Waals surface area contributed by atoms with Crippen LogP contribution in [0.15, 0.2) is 70.1 Å². The molecule has 4 aromatic rings. The highest BCUT2D eigenvalue weighted by molar-refractivity contribution is 6.32. The summed E-state index contributed by atoms with van der Waals surface area (Å²) >= 11 is 6.24. The van der Waals surface area contributed by atoms with Gasteiger partial charge in [-0.15, -0.1) is 0 Å². The van der Waals surface area contributed by atoms with Gasteiger partial charge in [0.2, 0.25) is 5.76 Å². The molecule has 1 amide bonds. The van der Waals surface area contributed by atoms with E-state index in [1.165, 1.54) is 12.1 Å². The van der Waals surface area contributed by atoms with E-state index in [4.69, 9.17) is 16.0 Å². The fourth-order valence-electron chi connectivity index (χ4n) is 3.98. The number of carbonyl (C=O) groups excluding carboxylic acids is 1. The van der Waals surface area contributed by atoms with Crippen molar-refractivity contribution in [1.29, 1.82) is 0 Å². The Hall–Kier alpha value is -3.51. The predicted octanol–water partition coefficient (Wildman–Crippen LogP) is 5.03. The molecule has 0 fully saturated rings. The van der Waals surface area contributed by atoms with Gasteiger partial charge in [0.15, 0.2) is 5.43 Å². The fourth-order valence-corrected chi connectivity index (χ4v) is 4.15. The molecule has 3 heterocycles. The number of aromatic nitrogens is 1. The lowest BCUT2D eigenvalue weighted by atomic mass is 9.98. The molecule has 0 aliphatic carbocycles. The number of hydrogen-bond donors (Lipinski definition) is 0. The van der Waals surface area contributed by atoms with Gasteiger partial charge in [-0.1, -0.05) is 29.8 Å². The summed E-state index contributed by atoms with van der Waals surface area (Å²) in [6, 6.07) is 11.9. The molecule has 1 aliphatic heterocycles. The molecule has 0 radical (unpaired) electrons. The zero-order valence-corrected chi connectivity index (χ0v) is 17.2. The third-order valence-electron chi connectivity index (χ3n) is 5.51. The summed E-state index contributed by atoms with van der Waals surface area (Å²) in [6.45, 7) is 2.02. The summed E-state index contributed by atoms with van der Waals surface area (Å²) in [7, 11) is 0. The van der Waals surface area contributed by atoms with E-state index in [0.29, 0.717) is 21.6 Å². The Balaban J connectivity index is 1.75. The molecule has 1 atom stereocenters. The van der Waals surface area contributed by atoms with Crippen LogP contribution in [-0.4, -0.2) is 15.8 Å². The van der Waals surface area contributed by atoms with Crippen LogP contribution in [0.25, 0.3) is 11.0 Å². The summed E-state index contributed by atoms with van der Waals surface area (Å²) in [5.74, 6) is -0.808. The van der Waals surface area contributed by atoms with Crippen molar-refractivity contribution in [1.82, 2.24) is 9.88 Å². The molecule has 0 saturated carbocycles. The molecule has 5 nitrogen and oxygen atoms in total. The Kier molecular flexibility index (Phi) is 4.59. The Morgan fingerprint density at radius 1 is 1.16 bits per heavy atom. The second-order valence-electron chi connectivity index (χ2n) is 7.52. The van der Waals surface area contributed by atoms with Gasteiger partial charge in [0.25, 0.3) is 5.91 Å². The normalized spacial score (nSPS) is 15.5. The predicted molar refractivity (Wildman–Crippen MR) is 115 cm³/mol. The molecule has 0 unspecified atom stereocenters. The molecule has 0 N–H and O–H groups in total. The van der Waals surface area contributed by atoms with E-state index in [-0.39, 0.29) is 23.3 Å². The number of fused-ring (bicyclic) bond motifs is 2. The van der Waals surface area contributed by atoms with E-state index < -0.39 is 17.8 Å². The number of carbonyl (C=O) groups is 1. The van der Waals surface area contributed by atoms with Gasteiger partial charge in [0, 0.05) is 24.0 Å². The number of rotatable bonds is 3. The van der Waals surface area contributed by atoms with Crippen LogP contribution in [0.5, 0.6) is 0 Å². The van der Waals surface area contributed by atoms with Gasteiger partial charge in [0.1, 0.15) is 11.4 Å². The van der Waals surface area contributed by atoms with Crippen LogP contribution >= 0.6 is 11.6 Å². The first-order chi connectivity index (χ1) is 14.9. The lowest BCUT2D eigenvalue weighted by Crippen LogP contribution is -2.29. The maximum Gasteiger partial charge on any atom is 0.291 e. The topological polar surface area (TPSA) is 63.4 Å². The molecule has 31 heavy (non-hydrogen) atoms. The van der Waals surface area contributed by atoms with Crippen molar-refractivity contribution in [3.8, 4) is 0 Å². The highest BCUT2D eigenvalue weighted by atomic mass is 35.5. The molecule has 1 aliphatic rings. The smallest absolute Gasteiger partial charge is 0.291 e. The lowest BCUT2D eigenvalue weighted by molar-refractivity contribution is 0.0714. The van der Waals surface area contributed by atoms with E-state index >= 15 is 0 Å². The number of benzene rings is 2. The average Bonchev–Trinajstić information content (AvgIpc) is 3.03. The van der Waals surface area contributed by atoms with Crippen LogP contribution < -0.4 is 5.43 Å². The van der Waals surface area contributed by atoms with Gasteiger partial charge in [0.05, 0.1) is 17.0 Å². The molecule has 5 rings (SSSR count). The Morgan fingerprint density at radius 2 is 1.94 bits per heavy atom. The quantitative estimate of drug-likeness (QED) is 0.453. The summed E-state index contributed by atoms with van der Waals surface area (Å²) in [5, 5.41) is 0.743. The number of hydrogen-bond acceptors (Lipinski definition) is 4. The van der Waals surface area contributed by atoms with Gasteiger partial charge < -0.3 is 9.32 Å². The zero-order chi connectivity index (χ0) is 21.7. The minimum absolute atomic E-state index is 0.00237. The van der Waals surface area contributed by atoms with Crippen LogP contribution in [0.4, 0.5) is 4.39 Å². The molecule has 154 valence electrons. The molecule has 0 spiro atoms. The van der Waals surface area contributed by atoms with Crippen LogP contribution in [-0.2, 0) is 6.54 Å². The maximum atomic E-state index is 13.6. The maximum absolute atomic E-state index is 13.6. The summed E-state index contributed by atoms with van der Waals surface area (Å²) in [4.78, 5) is 32.5. The van der Waals surface area contributed by atoms with Gasteiger partial charge in [-0.2, -0.15) is 0 Å². The number of aryl methyl sites for hydroxylation is 1. The molecule has 2 aromatic carbocycles. The van der Waals surface area contributed by atoms with E-state index in [2.05, 4.69) is 4.98 Å². The number of pyridine rings is 1. The third kappa shape index (κ3) is 3.20. The van der Waals surface area contributed by atoms with Crippen molar-refractivity contribution >= 4 is 28.5 Å². The largest absolute Gasteiger partial charge is 0.450 e. The van der Waals surface area contributed by atoms with Crippen LogP contribution in [0, 0.1) is 12.7 Å². The second kappa shape index (κ2) is 7.32. The van der Waals surface area contributed by atoms with Gasteiger partial charge in [-0.25, -0.2) is 4.39 Å². The third-order valence-corrected chi connectivity index (χ3v) is 5.92. The standard InChI is InChI=1S/C24H16ClFN2O3/c1-13-9-19-17(10-18(13)25)22(29)20-21(15-4-6-16(26)7-5-15)28(24(30)23(20)31-19)12-14-3-2-8-27-11-14/h2-11,21H,12H2,1H3/t21-/m0/s1. The fraction of sp³-hybridized carbons (Fsp3) is 0.125. The van der Waals surface area contributed by atoms with Gasteiger partial charge >= 0.3 is 0 Å². The molecule has 7 heteroatoms. The molecule has 2 aromatic heterocycles. The Bertz CT molecular complexity index is 1380. The number of halogens is 2. The molecule has 0 saturated heterocycles. The van der Waals surface area contributed by atoms with E-state index in [1.54, 1.807) is 54.5 Å². The molecular formula is C24H16ClFN2O3. The zero-order valence-electron chi connectivity index (χ0n) is 16.4. The van der Waals surface area contributed by atoms with Crippen molar-refractivity contribution in [2.45, 2.75) is 19.5 Å². The first-order valence-corrected chi connectivity index (χ1v) is 10.0. The Labute approximate surface area is 181 Å². The van der Waals surface area contributed by atoms with Crippen LogP contribution in [0.2, 0.25) is 5.02 Å². The minimum atomic E-state index is -0.718. The lowest BCUT2D eigenvalue weighted by Gasteiger charge is -2.25.